The van der Waals surface area contributed by atoms with Gasteiger partial charge < -0.3 is 15.2 Å². The van der Waals surface area contributed by atoms with Gasteiger partial charge in [-0.05, 0) is 24.6 Å². The number of nitrogens with zero attached hydrogens (tertiary/aromatic N) is 1. The maximum atomic E-state index is 12.2. The van der Waals surface area contributed by atoms with Crippen molar-refractivity contribution in [2.24, 2.45) is 0 Å². The van der Waals surface area contributed by atoms with Crippen molar-refractivity contribution in [2.45, 2.75) is 26.1 Å². The van der Waals surface area contributed by atoms with E-state index in [2.05, 4.69) is 10.6 Å². The third-order valence-electron chi connectivity index (χ3n) is 3.61. The zero-order valence-corrected chi connectivity index (χ0v) is 11.8. The lowest BCUT2D eigenvalue weighted by molar-refractivity contribution is -0.123. The number of fused-ring (bicyclic) bond motifs is 1. The first kappa shape index (κ1) is 13.4. The summed E-state index contributed by atoms with van der Waals surface area (Å²) in [5.74, 6) is -0.369. The van der Waals surface area contributed by atoms with Crippen LogP contribution in [0.5, 0.6) is 0 Å². The van der Waals surface area contributed by atoms with Crippen LogP contribution in [0.2, 0.25) is 0 Å². The number of hydrogen-bond donors (Lipinski definition) is 2. The van der Waals surface area contributed by atoms with Crippen molar-refractivity contribution in [2.75, 3.05) is 0 Å². The molecule has 0 fully saturated rings. The molecule has 0 saturated carbocycles. The molecule has 1 aliphatic rings. The van der Waals surface area contributed by atoms with E-state index in [4.69, 9.17) is 0 Å². The number of carbonyl (C=O) groups is 2. The highest BCUT2D eigenvalue weighted by molar-refractivity contribution is 5.97. The van der Waals surface area contributed by atoms with Crippen LogP contribution < -0.4 is 10.6 Å². The van der Waals surface area contributed by atoms with Gasteiger partial charge in [0.15, 0.2) is 0 Å². The third-order valence-corrected chi connectivity index (χ3v) is 3.61. The Kier molecular flexibility index (Phi) is 3.48. The first-order valence-corrected chi connectivity index (χ1v) is 6.93. The van der Waals surface area contributed by atoms with Crippen LogP contribution in [0.25, 0.3) is 0 Å². The molecule has 1 unspecified atom stereocenters. The van der Waals surface area contributed by atoms with Gasteiger partial charge in [-0.1, -0.05) is 29.8 Å². The minimum absolute atomic E-state index is 0.163. The average Bonchev–Trinajstić information content (AvgIpc) is 2.94. The SMILES string of the molecule is Cc1cccc(CNC(=O)C2Cn3cccc3C(=O)N2)c1. The molecule has 2 amide bonds. The van der Waals surface area contributed by atoms with Crippen molar-refractivity contribution in [1.29, 1.82) is 0 Å². The summed E-state index contributed by atoms with van der Waals surface area (Å²) in [7, 11) is 0. The van der Waals surface area contributed by atoms with E-state index >= 15 is 0 Å². The monoisotopic (exact) mass is 283 g/mol. The van der Waals surface area contributed by atoms with Crippen LogP contribution in [0.3, 0.4) is 0 Å². The summed E-state index contributed by atoms with van der Waals surface area (Å²) >= 11 is 0. The number of aryl methyl sites for hydroxylation is 1. The normalized spacial score (nSPS) is 17.0. The van der Waals surface area contributed by atoms with E-state index in [0.29, 0.717) is 18.8 Å². The Balaban J connectivity index is 1.63. The minimum Gasteiger partial charge on any atom is -0.350 e. The molecular formula is C16H17N3O2. The Morgan fingerprint density at radius 1 is 1.38 bits per heavy atom. The van der Waals surface area contributed by atoms with Gasteiger partial charge >= 0.3 is 0 Å². The van der Waals surface area contributed by atoms with Crippen LogP contribution in [-0.2, 0) is 17.9 Å². The van der Waals surface area contributed by atoms with Crippen molar-refractivity contribution in [3.8, 4) is 0 Å². The molecule has 1 aromatic heterocycles. The van der Waals surface area contributed by atoms with Crippen molar-refractivity contribution >= 4 is 11.8 Å². The molecule has 0 saturated heterocycles. The molecule has 0 spiro atoms. The summed E-state index contributed by atoms with van der Waals surface area (Å²) in [6.45, 7) is 2.94. The van der Waals surface area contributed by atoms with Gasteiger partial charge in [0.2, 0.25) is 5.91 Å². The quantitative estimate of drug-likeness (QED) is 0.890. The molecule has 1 atom stereocenters. The molecule has 0 radical (unpaired) electrons. The molecule has 1 aromatic carbocycles. The zero-order chi connectivity index (χ0) is 14.8. The maximum absolute atomic E-state index is 12.2. The Morgan fingerprint density at radius 3 is 3.05 bits per heavy atom. The average molecular weight is 283 g/mol. The molecule has 2 aromatic rings. The number of nitrogens with one attached hydrogen (secondary N) is 2. The smallest absolute Gasteiger partial charge is 0.268 e. The molecule has 21 heavy (non-hydrogen) atoms. The Labute approximate surface area is 123 Å². The van der Waals surface area contributed by atoms with Gasteiger partial charge in [-0.25, -0.2) is 0 Å². The van der Waals surface area contributed by atoms with Crippen molar-refractivity contribution in [1.82, 2.24) is 15.2 Å². The van der Waals surface area contributed by atoms with Crippen LogP contribution in [0, 0.1) is 6.92 Å². The molecule has 3 rings (SSSR count). The number of benzene rings is 1. The highest BCUT2D eigenvalue weighted by Gasteiger charge is 2.28. The van der Waals surface area contributed by atoms with Crippen LogP contribution in [0.1, 0.15) is 21.6 Å². The van der Waals surface area contributed by atoms with Gasteiger partial charge in [0.05, 0.1) is 6.54 Å². The fourth-order valence-corrected chi connectivity index (χ4v) is 2.54. The van der Waals surface area contributed by atoms with Gasteiger partial charge in [-0.15, -0.1) is 0 Å². The van der Waals surface area contributed by atoms with Crippen molar-refractivity contribution in [3.05, 3.63) is 59.4 Å². The molecule has 5 heteroatoms. The number of carbonyl (C=O) groups excluding carboxylic acids is 2. The highest BCUT2D eigenvalue weighted by Crippen LogP contribution is 2.10. The van der Waals surface area contributed by atoms with Gasteiger partial charge in [0.1, 0.15) is 11.7 Å². The van der Waals surface area contributed by atoms with E-state index in [1.807, 2.05) is 43.5 Å². The Bertz CT molecular complexity index is 690. The van der Waals surface area contributed by atoms with E-state index < -0.39 is 6.04 Å². The van der Waals surface area contributed by atoms with E-state index in [9.17, 15) is 9.59 Å². The van der Waals surface area contributed by atoms with E-state index in [-0.39, 0.29) is 11.8 Å². The highest BCUT2D eigenvalue weighted by atomic mass is 16.2. The minimum atomic E-state index is -0.526. The molecule has 2 N–H and O–H groups in total. The van der Waals surface area contributed by atoms with Gasteiger partial charge in [-0.2, -0.15) is 0 Å². The van der Waals surface area contributed by atoms with Crippen LogP contribution >= 0.6 is 0 Å². The summed E-state index contributed by atoms with van der Waals surface area (Å²) in [5, 5.41) is 5.61. The zero-order valence-electron chi connectivity index (χ0n) is 11.8. The molecule has 5 nitrogen and oxygen atoms in total. The first-order valence-electron chi connectivity index (χ1n) is 6.93. The lowest BCUT2D eigenvalue weighted by Crippen LogP contribution is -2.52. The predicted molar refractivity (Wildman–Crippen MR) is 78.7 cm³/mol. The molecule has 108 valence electrons. The fraction of sp³-hybridized carbons (Fsp3) is 0.250. The van der Waals surface area contributed by atoms with Gasteiger partial charge in [0.25, 0.3) is 5.91 Å². The fourth-order valence-electron chi connectivity index (χ4n) is 2.54. The van der Waals surface area contributed by atoms with Crippen LogP contribution in [-0.4, -0.2) is 22.4 Å². The summed E-state index contributed by atoms with van der Waals surface area (Å²) in [4.78, 5) is 24.1. The van der Waals surface area contributed by atoms with Crippen LogP contribution in [0.4, 0.5) is 0 Å². The van der Waals surface area contributed by atoms with Gasteiger partial charge in [-0.3, -0.25) is 9.59 Å². The summed E-state index contributed by atoms with van der Waals surface area (Å²) < 4.78 is 1.80. The summed E-state index contributed by atoms with van der Waals surface area (Å²) in [6, 6.07) is 11.0. The van der Waals surface area contributed by atoms with E-state index in [1.54, 1.807) is 10.6 Å². The number of rotatable bonds is 3. The molecule has 2 heterocycles. The van der Waals surface area contributed by atoms with Crippen LogP contribution in [0.15, 0.2) is 42.6 Å². The molecule has 0 bridgehead atoms. The standard InChI is InChI=1S/C16H17N3O2/c1-11-4-2-5-12(8-11)9-17-15(20)13-10-19-7-3-6-14(19)16(21)18-13/h2-8,13H,9-10H2,1H3,(H,17,20)(H,18,21). The van der Waals surface area contributed by atoms with Crippen molar-refractivity contribution < 1.29 is 9.59 Å². The lowest BCUT2D eigenvalue weighted by Gasteiger charge is -2.24. The lowest BCUT2D eigenvalue weighted by atomic mass is 10.1. The number of hydrogen-bond acceptors (Lipinski definition) is 2. The molecule has 0 aliphatic carbocycles. The second kappa shape index (κ2) is 5.44. The topological polar surface area (TPSA) is 63.1 Å². The van der Waals surface area contributed by atoms with Gasteiger partial charge in [0, 0.05) is 12.7 Å². The second-order valence-electron chi connectivity index (χ2n) is 5.28. The Hall–Kier alpha value is -2.56. The van der Waals surface area contributed by atoms with E-state index in [0.717, 1.165) is 11.1 Å². The number of aromatic nitrogens is 1. The summed E-state index contributed by atoms with van der Waals surface area (Å²) in [5.41, 5.74) is 2.80. The number of amides is 2. The molecule has 1 aliphatic heterocycles. The third kappa shape index (κ3) is 2.81. The first-order chi connectivity index (χ1) is 10.1. The maximum Gasteiger partial charge on any atom is 0.268 e. The molecular weight excluding hydrogens is 266 g/mol. The van der Waals surface area contributed by atoms with E-state index in [1.165, 1.54) is 0 Å². The Morgan fingerprint density at radius 2 is 2.24 bits per heavy atom. The predicted octanol–water partition coefficient (Wildman–Crippen LogP) is 1.22. The summed E-state index contributed by atoms with van der Waals surface area (Å²) in [6.07, 6.45) is 1.81. The van der Waals surface area contributed by atoms with Crippen molar-refractivity contribution in [3.63, 3.8) is 0 Å². The second-order valence-corrected chi connectivity index (χ2v) is 5.28. The largest absolute Gasteiger partial charge is 0.350 e.